The topological polar surface area (TPSA) is 56.1 Å². The van der Waals surface area contributed by atoms with Crippen molar-refractivity contribution in [1.82, 2.24) is 14.9 Å². The molecular weight excluding hydrogens is 446 g/mol. The molecule has 0 aliphatic carbocycles. The van der Waals surface area contributed by atoms with Gasteiger partial charge < -0.3 is 14.6 Å². The Morgan fingerprint density at radius 1 is 1.03 bits per heavy atom. The third kappa shape index (κ3) is 6.54. The Kier molecular flexibility index (Phi) is 8.77. The molecule has 5 nitrogen and oxygen atoms in total. The van der Waals surface area contributed by atoms with Crippen molar-refractivity contribution in [3.63, 3.8) is 0 Å². The number of ether oxygens (including phenoxy) is 1. The fraction of sp³-hybridized carbons (Fsp3) is 0.355. The third-order valence-electron chi connectivity index (χ3n) is 6.75. The average Bonchev–Trinajstić information content (AvgIpc) is 3.25. The van der Waals surface area contributed by atoms with Gasteiger partial charge in [-0.25, -0.2) is 4.98 Å². The molecule has 0 aliphatic rings. The Bertz CT molecular complexity index is 1280. The molecule has 188 valence electrons. The molecule has 1 atom stereocenters. The monoisotopic (exact) mass is 483 g/mol. The number of carbonyl (C=O) groups is 1. The maximum atomic E-state index is 12.5. The van der Waals surface area contributed by atoms with Crippen LogP contribution in [-0.2, 0) is 13.0 Å². The van der Waals surface area contributed by atoms with Gasteiger partial charge in [-0.15, -0.1) is 0 Å². The summed E-state index contributed by atoms with van der Waals surface area (Å²) in [5.74, 6) is 2.47. The van der Waals surface area contributed by atoms with Crippen LogP contribution in [0.2, 0.25) is 0 Å². The smallest absolute Gasteiger partial charge is 0.251 e. The van der Waals surface area contributed by atoms with Crippen molar-refractivity contribution in [2.24, 2.45) is 0 Å². The summed E-state index contributed by atoms with van der Waals surface area (Å²) in [7, 11) is 0. The zero-order valence-electron chi connectivity index (χ0n) is 21.7. The van der Waals surface area contributed by atoms with Crippen LogP contribution in [0, 0.1) is 6.92 Å². The van der Waals surface area contributed by atoms with Crippen LogP contribution < -0.4 is 10.1 Å². The highest BCUT2D eigenvalue weighted by molar-refractivity contribution is 5.94. The molecule has 4 aromatic rings. The number of amides is 1. The highest BCUT2D eigenvalue weighted by Gasteiger charge is 2.12. The first kappa shape index (κ1) is 25.5. The van der Waals surface area contributed by atoms with E-state index in [0.29, 0.717) is 31.1 Å². The van der Waals surface area contributed by atoms with Crippen molar-refractivity contribution in [2.45, 2.75) is 58.9 Å². The lowest BCUT2D eigenvalue weighted by Gasteiger charge is -2.12. The molecule has 36 heavy (non-hydrogen) atoms. The van der Waals surface area contributed by atoms with E-state index in [4.69, 9.17) is 9.72 Å². The summed E-state index contributed by atoms with van der Waals surface area (Å²) in [5, 5.41) is 3.04. The number of aromatic nitrogens is 2. The fourth-order valence-corrected chi connectivity index (χ4v) is 4.43. The molecular formula is C31H37N3O2. The predicted octanol–water partition coefficient (Wildman–Crippen LogP) is 6.69. The van der Waals surface area contributed by atoms with Crippen molar-refractivity contribution in [2.75, 3.05) is 13.2 Å². The van der Waals surface area contributed by atoms with Gasteiger partial charge in [-0.3, -0.25) is 4.79 Å². The van der Waals surface area contributed by atoms with Crippen LogP contribution in [-0.4, -0.2) is 28.6 Å². The second-order valence-electron chi connectivity index (χ2n) is 9.48. The molecule has 1 N–H and O–H groups in total. The number of nitrogens with one attached hydrogen (secondary N) is 1. The first-order chi connectivity index (χ1) is 17.5. The van der Waals surface area contributed by atoms with Gasteiger partial charge in [0.1, 0.15) is 11.6 Å². The number of unbranched alkanes of at least 4 members (excludes halogenated alkanes) is 1. The Balaban J connectivity index is 1.30. The van der Waals surface area contributed by atoms with Crippen molar-refractivity contribution in [3.05, 3.63) is 95.3 Å². The van der Waals surface area contributed by atoms with Crippen LogP contribution in [0.25, 0.3) is 11.0 Å². The second-order valence-corrected chi connectivity index (χ2v) is 9.48. The van der Waals surface area contributed by atoms with E-state index in [2.05, 4.69) is 60.1 Å². The number of nitrogens with zero attached hydrogens (tertiary/aromatic N) is 2. The van der Waals surface area contributed by atoms with Crippen molar-refractivity contribution in [3.8, 4) is 5.75 Å². The van der Waals surface area contributed by atoms with Crippen LogP contribution in [0.1, 0.15) is 66.3 Å². The SMILES string of the molecule is CCC(C)c1ccc(OCCCCn2c(CCNC(=O)c3cccc(C)c3)nc3ccccc32)cc1. The molecule has 1 amide bonds. The van der Waals surface area contributed by atoms with Crippen molar-refractivity contribution in [1.29, 1.82) is 0 Å². The Labute approximate surface area is 214 Å². The zero-order chi connectivity index (χ0) is 25.3. The van der Waals surface area contributed by atoms with Gasteiger partial charge in [0.25, 0.3) is 5.91 Å². The van der Waals surface area contributed by atoms with Crippen LogP contribution in [0.15, 0.2) is 72.8 Å². The molecule has 4 rings (SSSR count). The Morgan fingerprint density at radius 2 is 1.83 bits per heavy atom. The second kappa shape index (κ2) is 12.4. The summed E-state index contributed by atoms with van der Waals surface area (Å²) in [5.41, 5.74) is 5.27. The minimum Gasteiger partial charge on any atom is -0.494 e. The van der Waals surface area contributed by atoms with E-state index < -0.39 is 0 Å². The summed E-state index contributed by atoms with van der Waals surface area (Å²) in [6, 6.07) is 24.4. The van der Waals surface area contributed by atoms with Crippen LogP contribution >= 0.6 is 0 Å². The van der Waals surface area contributed by atoms with E-state index in [-0.39, 0.29) is 5.91 Å². The number of aryl methyl sites for hydroxylation is 2. The van der Waals surface area contributed by atoms with Gasteiger partial charge in [0, 0.05) is 25.1 Å². The summed E-state index contributed by atoms with van der Waals surface area (Å²) < 4.78 is 8.27. The fourth-order valence-electron chi connectivity index (χ4n) is 4.43. The van der Waals surface area contributed by atoms with E-state index in [1.54, 1.807) is 0 Å². The molecule has 0 aliphatic heterocycles. The average molecular weight is 484 g/mol. The molecule has 5 heteroatoms. The number of benzene rings is 3. The van der Waals surface area contributed by atoms with Crippen LogP contribution in [0.5, 0.6) is 5.75 Å². The molecule has 0 radical (unpaired) electrons. The number of rotatable bonds is 12. The van der Waals surface area contributed by atoms with Gasteiger partial charge in [-0.05, 0) is 74.1 Å². The molecule has 0 spiro atoms. The number of hydrogen-bond donors (Lipinski definition) is 1. The first-order valence-corrected chi connectivity index (χ1v) is 13.1. The van der Waals surface area contributed by atoms with Gasteiger partial charge in [-0.1, -0.05) is 55.8 Å². The molecule has 1 aromatic heterocycles. The highest BCUT2D eigenvalue weighted by atomic mass is 16.5. The lowest BCUT2D eigenvalue weighted by molar-refractivity contribution is 0.0954. The van der Waals surface area contributed by atoms with Gasteiger partial charge >= 0.3 is 0 Å². The van der Waals surface area contributed by atoms with E-state index >= 15 is 0 Å². The number of fused-ring (bicyclic) bond motifs is 1. The summed E-state index contributed by atoms with van der Waals surface area (Å²) in [6.07, 6.45) is 3.78. The molecule has 1 heterocycles. The van der Waals surface area contributed by atoms with Gasteiger partial charge in [-0.2, -0.15) is 0 Å². The van der Waals surface area contributed by atoms with Gasteiger partial charge in [0.2, 0.25) is 0 Å². The van der Waals surface area contributed by atoms with E-state index in [1.807, 2.05) is 43.3 Å². The molecule has 3 aromatic carbocycles. The lowest BCUT2D eigenvalue weighted by Crippen LogP contribution is -2.26. The minimum absolute atomic E-state index is 0.0457. The lowest BCUT2D eigenvalue weighted by atomic mass is 9.99. The van der Waals surface area contributed by atoms with E-state index in [0.717, 1.165) is 54.0 Å². The van der Waals surface area contributed by atoms with Crippen molar-refractivity contribution < 1.29 is 9.53 Å². The molecule has 1 unspecified atom stereocenters. The van der Waals surface area contributed by atoms with E-state index in [9.17, 15) is 4.79 Å². The van der Waals surface area contributed by atoms with Crippen molar-refractivity contribution >= 4 is 16.9 Å². The summed E-state index contributed by atoms with van der Waals surface area (Å²) >= 11 is 0. The zero-order valence-corrected chi connectivity index (χ0v) is 21.7. The van der Waals surface area contributed by atoms with Gasteiger partial charge in [0.15, 0.2) is 0 Å². The quantitative estimate of drug-likeness (QED) is 0.228. The molecule has 0 fully saturated rings. The molecule has 0 bridgehead atoms. The standard InChI is InChI=1S/C31H37N3O2/c1-4-24(3)25-14-16-27(17-15-25)36-21-8-7-20-34-29-13-6-5-12-28(29)33-30(34)18-19-32-31(35)26-11-9-10-23(2)22-26/h5-6,9-17,22,24H,4,7-8,18-21H2,1-3H3,(H,32,35). The maximum absolute atomic E-state index is 12.5. The number of hydrogen-bond acceptors (Lipinski definition) is 3. The minimum atomic E-state index is -0.0457. The predicted molar refractivity (Wildman–Crippen MR) is 147 cm³/mol. The van der Waals surface area contributed by atoms with E-state index in [1.165, 1.54) is 5.56 Å². The number of para-hydroxylation sites is 2. The highest BCUT2D eigenvalue weighted by Crippen LogP contribution is 2.22. The molecule has 0 saturated heterocycles. The Hall–Kier alpha value is -3.60. The summed E-state index contributed by atoms with van der Waals surface area (Å²) in [4.78, 5) is 17.4. The maximum Gasteiger partial charge on any atom is 0.251 e. The first-order valence-electron chi connectivity index (χ1n) is 13.1. The third-order valence-corrected chi connectivity index (χ3v) is 6.75. The normalized spacial score (nSPS) is 12.0. The van der Waals surface area contributed by atoms with Crippen LogP contribution in [0.4, 0.5) is 0 Å². The number of carbonyl (C=O) groups excluding carboxylic acids is 1. The Morgan fingerprint density at radius 3 is 2.61 bits per heavy atom. The largest absolute Gasteiger partial charge is 0.494 e. The van der Waals surface area contributed by atoms with Gasteiger partial charge in [0.05, 0.1) is 17.6 Å². The molecule has 0 saturated carbocycles. The van der Waals surface area contributed by atoms with Crippen LogP contribution in [0.3, 0.4) is 0 Å². The number of imidazole rings is 1. The summed E-state index contributed by atoms with van der Waals surface area (Å²) in [6.45, 7) is 8.57.